The van der Waals surface area contributed by atoms with Gasteiger partial charge in [0.15, 0.2) is 0 Å². The number of hydrogen-bond donors (Lipinski definition) is 1. The van der Waals surface area contributed by atoms with Crippen LogP contribution in [0.15, 0.2) is 54.7 Å². The quantitative estimate of drug-likeness (QED) is 0.738. The van der Waals surface area contributed by atoms with Crippen LogP contribution < -0.4 is 5.32 Å². The van der Waals surface area contributed by atoms with Crippen molar-refractivity contribution in [1.29, 1.82) is 0 Å². The SMILES string of the molecule is CC(C)(C)NCc1cn(Cc2ccccc2F)c2ccccc12. The summed E-state index contributed by atoms with van der Waals surface area (Å²) in [6.45, 7) is 7.82. The highest BCUT2D eigenvalue weighted by atomic mass is 19.1. The van der Waals surface area contributed by atoms with Crippen molar-refractivity contribution < 1.29 is 4.39 Å². The van der Waals surface area contributed by atoms with Gasteiger partial charge in [-0.3, -0.25) is 0 Å². The van der Waals surface area contributed by atoms with Gasteiger partial charge < -0.3 is 9.88 Å². The van der Waals surface area contributed by atoms with Gasteiger partial charge in [-0.25, -0.2) is 4.39 Å². The van der Waals surface area contributed by atoms with E-state index in [9.17, 15) is 4.39 Å². The van der Waals surface area contributed by atoms with E-state index >= 15 is 0 Å². The molecule has 3 rings (SSSR count). The average Bonchev–Trinajstić information content (AvgIpc) is 2.85. The average molecular weight is 310 g/mol. The van der Waals surface area contributed by atoms with Gasteiger partial charge in [-0.05, 0) is 38.5 Å². The Labute approximate surface area is 136 Å². The standard InChI is InChI=1S/C20H23FN2/c1-20(2,3)22-12-16-14-23(19-11-7-5-9-17(16)19)13-15-8-4-6-10-18(15)21/h4-11,14,22H,12-13H2,1-3H3. The lowest BCUT2D eigenvalue weighted by Crippen LogP contribution is -2.34. The Morgan fingerprint density at radius 2 is 1.65 bits per heavy atom. The van der Waals surface area contributed by atoms with E-state index in [2.05, 4.69) is 55.1 Å². The molecule has 2 aromatic carbocycles. The van der Waals surface area contributed by atoms with Crippen molar-refractivity contribution in [3.05, 3.63) is 71.7 Å². The van der Waals surface area contributed by atoms with Crippen LogP contribution in [0.5, 0.6) is 0 Å². The first-order chi connectivity index (χ1) is 10.9. The molecule has 23 heavy (non-hydrogen) atoms. The fourth-order valence-electron chi connectivity index (χ4n) is 2.77. The van der Waals surface area contributed by atoms with E-state index in [0.29, 0.717) is 12.1 Å². The maximum Gasteiger partial charge on any atom is 0.128 e. The van der Waals surface area contributed by atoms with E-state index in [1.807, 2.05) is 18.2 Å². The molecule has 0 aliphatic carbocycles. The maximum absolute atomic E-state index is 14.0. The maximum atomic E-state index is 14.0. The minimum Gasteiger partial charge on any atom is -0.343 e. The van der Waals surface area contributed by atoms with E-state index in [1.165, 1.54) is 17.0 Å². The van der Waals surface area contributed by atoms with Crippen molar-refractivity contribution in [3.8, 4) is 0 Å². The van der Waals surface area contributed by atoms with Crippen LogP contribution in [0.1, 0.15) is 31.9 Å². The first-order valence-electron chi connectivity index (χ1n) is 7.99. The van der Waals surface area contributed by atoms with Gasteiger partial charge in [0.05, 0.1) is 6.54 Å². The number of fused-ring (bicyclic) bond motifs is 1. The molecule has 0 saturated carbocycles. The number of rotatable bonds is 4. The fraction of sp³-hybridized carbons (Fsp3) is 0.300. The van der Waals surface area contributed by atoms with Crippen molar-refractivity contribution >= 4 is 10.9 Å². The topological polar surface area (TPSA) is 17.0 Å². The molecule has 0 radical (unpaired) electrons. The summed E-state index contributed by atoms with van der Waals surface area (Å²) >= 11 is 0. The summed E-state index contributed by atoms with van der Waals surface area (Å²) in [6, 6.07) is 15.3. The molecule has 0 saturated heterocycles. The number of aromatic nitrogens is 1. The van der Waals surface area contributed by atoms with E-state index in [1.54, 1.807) is 6.07 Å². The third-order valence-electron chi connectivity index (χ3n) is 3.98. The van der Waals surface area contributed by atoms with Crippen molar-refractivity contribution in [3.63, 3.8) is 0 Å². The number of nitrogens with zero attached hydrogens (tertiary/aromatic N) is 1. The van der Waals surface area contributed by atoms with Gasteiger partial charge in [0, 0.05) is 34.7 Å². The summed E-state index contributed by atoms with van der Waals surface area (Å²) in [4.78, 5) is 0. The minimum absolute atomic E-state index is 0.0642. The van der Waals surface area contributed by atoms with Crippen LogP contribution in [0, 0.1) is 5.82 Å². The molecule has 0 spiro atoms. The van der Waals surface area contributed by atoms with Crippen LogP contribution in [-0.4, -0.2) is 10.1 Å². The Balaban J connectivity index is 1.96. The lowest BCUT2D eigenvalue weighted by Gasteiger charge is -2.20. The van der Waals surface area contributed by atoms with Crippen molar-refractivity contribution in [1.82, 2.24) is 9.88 Å². The number of nitrogens with one attached hydrogen (secondary N) is 1. The molecule has 120 valence electrons. The third-order valence-corrected chi connectivity index (χ3v) is 3.98. The molecule has 3 heteroatoms. The molecule has 0 amide bonds. The van der Waals surface area contributed by atoms with Gasteiger partial charge in [0.1, 0.15) is 5.82 Å². The van der Waals surface area contributed by atoms with E-state index < -0.39 is 0 Å². The Bertz CT molecular complexity index is 812. The largest absolute Gasteiger partial charge is 0.343 e. The van der Waals surface area contributed by atoms with E-state index in [0.717, 1.165) is 12.1 Å². The van der Waals surface area contributed by atoms with Crippen LogP contribution in [0.25, 0.3) is 10.9 Å². The monoisotopic (exact) mass is 310 g/mol. The molecule has 1 aromatic heterocycles. The van der Waals surface area contributed by atoms with E-state index in [-0.39, 0.29) is 11.4 Å². The Kier molecular flexibility index (Phi) is 4.22. The third kappa shape index (κ3) is 3.62. The van der Waals surface area contributed by atoms with Gasteiger partial charge in [0.2, 0.25) is 0 Å². The van der Waals surface area contributed by atoms with Gasteiger partial charge in [-0.15, -0.1) is 0 Å². The van der Waals surface area contributed by atoms with Crippen LogP contribution in [0.3, 0.4) is 0 Å². The molecule has 2 nitrogen and oxygen atoms in total. The summed E-state index contributed by atoms with van der Waals surface area (Å²) in [5.74, 6) is -0.153. The molecule has 0 aliphatic rings. The summed E-state index contributed by atoms with van der Waals surface area (Å²) in [5, 5.41) is 4.75. The lowest BCUT2D eigenvalue weighted by molar-refractivity contribution is 0.425. The fourth-order valence-corrected chi connectivity index (χ4v) is 2.77. The zero-order chi connectivity index (χ0) is 16.4. The summed E-state index contributed by atoms with van der Waals surface area (Å²) < 4.78 is 16.1. The molecule has 1 N–H and O–H groups in total. The summed E-state index contributed by atoms with van der Waals surface area (Å²) in [6.07, 6.45) is 2.13. The number of hydrogen-bond acceptors (Lipinski definition) is 1. The van der Waals surface area contributed by atoms with Crippen LogP contribution in [0.2, 0.25) is 0 Å². The Hall–Kier alpha value is -2.13. The van der Waals surface area contributed by atoms with Crippen molar-refractivity contribution in [2.75, 3.05) is 0 Å². The zero-order valence-electron chi connectivity index (χ0n) is 13.9. The predicted octanol–water partition coefficient (Wildman–Crippen LogP) is 4.72. The molecule has 1 heterocycles. The Morgan fingerprint density at radius 1 is 0.957 bits per heavy atom. The summed E-state index contributed by atoms with van der Waals surface area (Å²) in [5.41, 5.74) is 3.16. The highest BCUT2D eigenvalue weighted by molar-refractivity contribution is 5.84. The highest BCUT2D eigenvalue weighted by Crippen LogP contribution is 2.23. The second-order valence-corrected chi connectivity index (χ2v) is 6.99. The summed E-state index contributed by atoms with van der Waals surface area (Å²) in [7, 11) is 0. The van der Waals surface area contributed by atoms with Crippen LogP contribution in [0.4, 0.5) is 4.39 Å². The molecule has 0 aliphatic heterocycles. The highest BCUT2D eigenvalue weighted by Gasteiger charge is 2.13. The zero-order valence-corrected chi connectivity index (χ0v) is 13.9. The first kappa shape index (κ1) is 15.8. The first-order valence-corrected chi connectivity index (χ1v) is 7.99. The lowest BCUT2D eigenvalue weighted by atomic mass is 10.1. The number of halogens is 1. The Morgan fingerprint density at radius 3 is 2.39 bits per heavy atom. The van der Waals surface area contributed by atoms with Gasteiger partial charge in [0.25, 0.3) is 0 Å². The molecular weight excluding hydrogens is 287 g/mol. The number of benzene rings is 2. The molecule has 0 unspecified atom stereocenters. The minimum atomic E-state index is -0.153. The van der Waals surface area contributed by atoms with Crippen LogP contribution in [-0.2, 0) is 13.1 Å². The van der Waals surface area contributed by atoms with Crippen molar-refractivity contribution in [2.24, 2.45) is 0 Å². The smallest absolute Gasteiger partial charge is 0.128 e. The molecule has 0 bridgehead atoms. The molecule has 0 atom stereocenters. The molecule has 3 aromatic rings. The van der Waals surface area contributed by atoms with Gasteiger partial charge in [-0.2, -0.15) is 0 Å². The van der Waals surface area contributed by atoms with Crippen molar-refractivity contribution in [2.45, 2.75) is 39.4 Å². The van der Waals surface area contributed by atoms with Gasteiger partial charge in [-0.1, -0.05) is 36.4 Å². The van der Waals surface area contributed by atoms with Gasteiger partial charge >= 0.3 is 0 Å². The molecular formula is C20H23FN2. The molecule has 0 fully saturated rings. The second kappa shape index (κ2) is 6.17. The van der Waals surface area contributed by atoms with E-state index in [4.69, 9.17) is 0 Å². The van der Waals surface area contributed by atoms with Crippen LogP contribution >= 0.6 is 0 Å². The normalized spacial score (nSPS) is 12.0. The number of para-hydroxylation sites is 1. The second-order valence-electron chi connectivity index (χ2n) is 6.99. The predicted molar refractivity (Wildman–Crippen MR) is 94.0 cm³/mol.